The van der Waals surface area contributed by atoms with Crippen LogP contribution in [-0.4, -0.2) is 15.1 Å². The molecule has 0 saturated carbocycles. The zero-order valence-corrected chi connectivity index (χ0v) is 13.0. The van der Waals surface area contributed by atoms with Gasteiger partial charge in [0.05, 0.1) is 22.2 Å². The monoisotopic (exact) mass is 308 g/mol. The molecule has 0 aliphatic heterocycles. The van der Waals surface area contributed by atoms with Gasteiger partial charge in [-0.1, -0.05) is 41.4 Å². The topological polar surface area (TPSA) is 37.3 Å². The third-order valence-electron chi connectivity index (χ3n) is 3.16. The maximum Gasteiger partial charge on any atom is 0.0986 e. The van der Waals surface area contributed by atoms with Crippen molar-refractivity contribution >= 4 is 22.4 Å². The Morgan fingerprint density at radius 3 is 2.20 bits per heavy atom. The highest BCUT2D eigenvalue weighted by atomic mass is 35.5. The molecule has 0 radical (unpaired) electrons. The largest absolute Gasteiger partial charge is 0.384 e. The summed E-state index contributed by atoms with van der Waals surface area (Å²) in [7, 11) is -1.25. The van der Waals surface area contributed by atoms with Crippen LogP contribution in [0.4, 0.5) is 0 Å². The van der Waals surface area contributed by atoms with E-state index in [0.717, 1.165) is 10.5 Å². The molecule has 2 rings (SSSR count). The molecule has 0 amide bonds. The molecule has 4 heteroatoms. The van der Waals surface area contributed by atoms with Crippen LogP contribution < -0.4 is 0 Å². The summed E-state index contributed by atoms with van der Waals surface area (Å²) >= 11 is 5.84. The van der Waals surface area contributed by atoms with Crippen molar-refractivity contribution in [1.29, 1.82) is 0 Å². The smallest absolute Gasteiger partial charge is 0.0986 e. The molecule has 2 atom stereocenters. The Bertz CT molecular complexity index is 603. The Morgan fingerprint density at radius 2 is 1.65 bits per heavy atom. The molecule has 0 aliphatic carbocycles. The minimum Gasteiger partial charge on any atom is -0.384 e. The molecular weight excluding hydrogens is 292 g/mol. The second-order valence-electron chi connectivity index (χ2n) is 5.08. The van der Waals surface area contributed by atoms with E-state index in [1.165, 1.54) is 0 Å². The number of rotatable bonds is 4. The molecule has 1 unspecified atom stereocenters. The highest BCUT2D eigenvalue weighted by molar-refractivity contribution is 7.85. The first-order chi connectivity index (χ1) is 9.38. The third-order valence-corrected chi connectivity index (χ3v) is 5.04. The number of hydrogen-bond donors (Lipinski definition) is 1. The van der Waals surface area contributed by atoms with Gasteiger partial charge in [0.25, 0.3) is 0 Å². The van der Waals surface area contributed by atoms with Crippen LogP contribution in [0.1, 0.15) is 18.1 Å². The van der Waals surface area contributed by atoms with Crippen LogP contribution in [0.5, 0.6) is 0 Å². The maximum atomic E-state index is 12.3. The molecule has 1 N–H and O–H groups in total. The fraction of sp³-hybridized carbons (Fsp3) is 0.250. The van der Waals surface area contributed by atoms with Crippen molar-refractivity contribution in [3.8, 4) is 0 Å². The maximum absolute atomic E-state index is 12.3. The van der Waals surface area contributed by atoms with E-state index in [-0.39, 0.29) is 5.75 Å². The lowest BCUT2D eigenvalue weighted by molar-refractivity contribution is 0.0829. The first kappa shape index (κ1) is 15.2. The summed E-state index contributed by atoms with van der Waals surface area (Å²) in [5.74, 6) is 0.150. The molecule has 20 heavy (non-hydrogen) atoms. The molecule has 106 valence electrons. The molecule has 0 bridgehead atoms. The van der Waals surface area contributed by atoms with Crippen LogP contribution in [0.15, 0.2) is 53.4 Å². The Kier molecular flexibility index (Phi) is 4.63. The number of benzene rings is 2. The van der Waals surface area contributed by atoms with Crippen LogP contribution in [0.25, 0.3) is 0 Å². The number of hydrogen-bond acceptors (Lipinski definition) is 2. The standard InChI is InChI=1S/C16H17ClO2S/c1-12-3-9-15(10-4-12)20(19)11-16(2,18)13-5-7-14(17)8-6-13/h3-10,18H,11H2,1-2H3/t16-,20?/m1/s1. The van der Waals surface area contributed by atoms with E-state index in [4.69, 9.17) is 11.6 Å². The van der Waals surface area contributed by atoms with Gasteiger partial charge in [-0.3, -0.25) is 4.21 Å². The van der Waals surface area contributed by atoms with E-state index < -0.39 is 16.4 Å². The third kappa shape index (κ3) is 3.69. The highest BCUT2D eigenvalue weighted by Crippen LogP contribution is 2.25. The van der Waals surface area contributed by atoms with E-state index in [9.17, 15) is 9.32 Å². The van der Waals surface area contributed by atoms with Gasteiger partial charge in [0.1, 0.15) is 0 Å². The molecule has 0 aromatic heterocycles. The molecule has 0 fully saturated rings. The Hall–Kier alpha value is -1.16. The second-order valence-corrected chi connectivity index (χ2v) is 6.97. The second kappa shape index (κ2) is 6.08. The van der Waals surface area contributed by atoms with Crippen molar-refractivity contribution < 1.29 is 9.32 Å². The highest BCUT2D eigenvalue weighted by Gasteiger charge is 2.26. The van der Waals surface area contributed by atoms with Crippen LogP contribution in [0, 0.1) is 6.92 Å². The van der Waals surface area contributed by atoms with Crippen molar-refractivity contribution in [2.45, 2.75) is 24.3 Å². The van der Waals surface area contributed by atoms with Crippen molar-refractivity contribution in [2.24, 2.45) is 0 Å². The lowest BCUT2D eigenvalue weighted by atomic mass is 9.98. The Morgan fingerprint density at radius 1 is 1.10 bits per heavy atom. The van der Waals surface area contributed by atoms with Crippen LogP contribution in [0.2, 0.25) is 5.02 Å². The summed E-state index contributed by atoms with van der Waals surface area (Å²) in [6, 6.07) is 14.5. The first-order valence-electron chi connectivity index (χ1n) is 6.32. The lowest BCUT2D eigenvalue weighted by Gasteiger charge is -2.23. The fourth-order valence-electron chi connectivity index (χ4n) is 1.92. The summed E-state index contributed by atoms with van der Waals surface area (Å²) in [5.41, 5.74) is 0.679. The average molecular weight is 309 g/mol. The van der Waals surface area contributed by atoms with E-state index in [2.05, 4.69) is 0 Å². The molecule has 0 heterocycles. The van der Waals surface area contributed by atoms with Crippen molar-refractivity contribution in [2.75, 3.05) is 5.75 Å². The van der Waals surface area contributed by atoms with Gasteiger partial charge >= 0.3 is 0 Å². The van der Waals surface area contributed by atoms with Gasteiger partial charge < -0.3 is 5.11 Å². The summed E-state index contributed by atoms with van der Waals surface area (Å²) in [6.07, 6.45) is 0. The zero-order valence-electron chi connectivity index (χ0n) is 11.5. The van der Waals surface area contributed by atoms with Gasteiger partial charge in [0.15, 0.2) is 0 Å². The normalized spacial score (nSPS) is 15.6. The van der Waals surface area contributed by atoms with Crippen LogP contribution in [0.3, 0.4) is 0 Å². The van der Waals surface area contributed by atoms with Gasteiger partial charge in [-0.25, -0.2) is 0 Å². The average Bonchev–Trinajstić information content (AvgIpc) is 2.39. The Balaban J connectivity index is 2.17. The quantitative estimate of drug-likeness (QED) is 0.936. The van der Waals surface area contributed by atoms with Crippen molar-refractivity contribution in [3.63, 3.8) is 0 Å². The minimum atomic E-state index is -1.25. The van der Waals surface area contributed by atoms with E-state index in [1.807, 2.05) is 31.2 Å². The van der Waals surface area contributed by atoms with E-state index in [0.29, 0.717) is 10.6 Å². The summed E-state index contributed by atoms with van der Waals surface area (Å²) in [6.45, 7) is 3.65. The van der Waals surface area contributed by atoms with Gasteiger partial charge in [0, 0.05) is 9.92 Å². The molecule has 2 aromatic rings. The predicted octanol–water partition coefficient (Wildman–Crippen LogP) is 3.66. The lowest BCUT2D eigenvalue weighted by Crippen LogP contribution is -2.28. The fourth-order valence-corrected chi connectivity index (χ4v) is 3.33. The van der Waals surface area contributed by atoms with Gasteiger partial charge in [-0.15, -0.1) is 0 Å². The number of aliphatic hydroxyl groups is 1. The molecule has 2 aromatic carbocycles. The molecular formula is C16H17ClO2S. The Labute approximate surface area is 126 Å². The predicted molar refractivity (Wildman–Crippen MR) is 83.5 cm³/mol. The first-order valence-corrected chi connectivity index (χ1v) is 8.02. The van der Waals surface area contributed by atoms with Gasteiger partial charge in [-0.2, -0.15) is 0 Å². The zero-order chi connectivity index (χ0) is 14.8. The molecule has 0 spiro atoms. The SMILES string of the molecule is Cc1ccc(S(=O)C[C@@](C)(O)c2ccc(Cl)cc2)cc1. The number of aryl methyl sites for hydroxylation is 1. The summed E-state index contributed by atoms with van der Waals surface area (Å²) < 4.78 is 12.3. The van der Waals surface area contributed by atoms with Crippen molar-refractivity contribution in [3.05, 3.63) is 64.7 Å². The molecule has 0 aliphatic rings. The molecule has 2 nitrogen and oxygen atoms in total. The van der Waals surface area contributed by atoms with Gasteiger partial charge in [0.2, 0.25) is 0 Å². The van der Waals surface area contributed by atoms with Crippen LogP contribution >= 0.6 is 11.6 Å². The van der Waals surface area contributed by atoms with Gasteiger partial charge in [-0.05, 0) is 43.7 Å². The minimum absolute atomic E-state index is 0.150. The van der Waals surface area contributed by atoms with Crippen molar-refractivity contribution in [1.82, 2.24) is 0 Å². The number of halogens is 1. The van der Waals surface area contributed by atoms with E-state index in [1.54, 1.807) is 31.2 Å². The van der Waals surface area contributed by atoms with Crippen LogP contribution in [-0.2, 0) is 16.4 Å². The molecule has 0 saturated heterocycles. The summed E-state index contributed by atoms with van der Waals surface area (Å²) in [5, 5.41) is 11.1. The van der Waals surface area contributed by atoms with E-state index >= 15 is 0 Å². The summed E-state index contributed by atoms with van der Waals surface area (Å²) in [4.78, 5) is 0.727.